The number of urea groups is 1. The summed E-state index contributed by atoms with van der Waals surface area (Å²) in [4.78, 5) is 26.5. The van der Waals surface area contributed by atoms with Crippen molar-refractivity contribution in [1.29, 1.82) is 0 Å². The molecule has 1 saturated heterocycles. The lowest BCUT2D eigenvalue weighted by Gasteiger charge is -2.32. The highest BCUT2D eigenvalue weighted by Gasteiger charge is 2.24. The fraction of sp³-hybridized carbons (Fsp3) is 0.391. The van der Waals surface area contributed by atoms with Crippen LogP contribution in [0.25, 0.3) is 0 Å². The largest absolute Gasteiger partial charge is 0.494 e. The van der Waals surface area contributed by atoms with E-state index in [1.807, 2.05) is 60.4 Å². The van der Waals surface area contributed by atoms with Gasteiger partial charge in [0.25, 0.3) is 5.91 Å². The smallest absolute Gasteiger partial charge is 0.317 e. The van der Waals surface area contributed by atoms with Crippen LogP contribution in [-0.4, -0.2) is 43.6 Å². The first kappa shape index (κ1) is 20.7. The predicted octanol–water partition coefficient (Wildman–Crippen LogP) is 3.53. The lowest BCUT2D eigenvalue weighted by molar-refractivity contribution is 0.0950. The molecule has 3 rings (SSSR count). The molecular weight excluding hydrogens is 366 g/mol. The molecule has 0 bridgehead atoms. The third-order valence-corrected chi connectivity index (χ3v) is 5.25. The van der Waals surface area contributed by atoms with Gasteiger partial charge in [0.1, 0.15) is 5.75 Å². The first-order valence-electron chi connectivity index (χ1n) is 10.2. The first-order valence-corrected chi connectivity index (χ1v) is 10.2. The number of carbonyl (C=O) groups excluding carboxylic acids is 2. The fourth-order valence-electron chi connectivity index (χ4n) is 3.75. The number of carbonyl (C=O) groups is 2. The summed E-state index contributed by atoms with van der Waals surface area (Å²) in [7, 11) is 1.65. The second-order valence-electron chi connectivity index (χ2n) is 7.19. The number of nitrogens with zero attached hydrogens (tertiary/aromatic N) is 1. The number of rotatable bonds is 6. The Morgan fingerprint density at radius 1 is 1.17 bits per heavy atom. The second-order valence-corrected chi connectivity index (χ2v) is 7.19. The van der Waals surface area contributed by atoms with E-state index in [0.29, 0.717) is 25.3 Å². The molecule has 1 heterocycles. The quantitative estimate of drug-likeness (QED) is 0.786. The molecule has 0 saturated carbocycles. The van der Waals surface area contributed by atoms with E-state index in [1.54, 1.807) is 7.05 Å². The lowest BCUT2D eigenvalue weighted by Crippen LogP contribution is -2.43. The van der Waals surface area contributed by atoms with Crippen LogP contribution in [0, 0.1) is 0 Å². The van der Waals surface area contributed by atoms with Crippen LogP contribution in [0.2, 0.25) is 0 Å². The molecule has 0 aliphatic carbocycles. The molecule has 2 N–H and O–H groups in total. The molecule has 1 atom stereocenters. The normalized spacial score (nSPS) is 16.2. The van der Waals surface area contributed by atoms with E-state index >= 15 is 0 Å². The summed E-state index contributed by atoms with van der Waals surface area (Å²) in [5.41, 5.74) is 2.68. The van der Waals surface area contributed by atoms with Gasteiger partial charge < -0.3 is 20.3 Å². The summed E-state index contributed by atoms with van der Waals surface area (Å²) in [6.07, 6.45) is 1.98. The van der Waals surface area contributed by atoms with Gasteiger partial charge in [-0.1, -0.05) is 30.3 Å². The van der Waals surface area contributed by atoms with Crippen LogP contribution in [0.1, 0.15) is 47.2 Å². The van der Waals surface area contributed by atoms with Crippen LogP contribution >= 0.6 is 0 Å². The van der Waals surface area contributed by atoms with E-state index in [1.165, 1.54) is 0 Å². The number of piperidine rings is 1. The van der Waals surface area contributed by atoms with E-state index in [4.69, 9.17) is 4.74 Å². The zero-order valence-electron chi connectivity index (χ0n) is 17.1. The monoisotopic (exact) mass is 395 g/mol. The number of para-hydroxylation sites is 1. The maximum atomic E-state index is 12.7. The fourth-order valence-corrected chi connectivity index (χ4v) is 3.75. The SMILES string of the molecule is CCOc1ccccc1CNC(=O)c1cccc(C2CCCN(C(=O)NC)C2)c1. The summed E-state index contributed by atoms with van der Waals surface area (Å²) in [6, 6.07) is 15.4. The number of hydrogen-bond acceptors (Lipinski definition) is 3. The topological polar surface area (TPSA) is 70.7 Å². The molecule has 6 nitrogen and oxygen atoms in total. The molecule has 154 valence electrons. The molecule has 1 unspecified atom stereocenters. The van der Waals surface area contributed by atoms with Crippen LogP contribution in [-0.2, 0) is 6.54 Å². The van der Waals surface area contributed by atoms with Gasteiger partial charge in [-0.3, -0.25) is 4.79 Å². The Labute approximate surface area is 172 Å². The predicted molar refractivity (Wildman–Crippen MR) is 113 cm³/mol. The zero-order chi connectivity index (χ0) is 20.6. The summed E-state index contributed by atoms with van der Waals surface area (Å²) in [5, 5.41) is 5.68. The van der Waals surface area contributed by atoms with Crippen LogP contribution in [0.15, 0.2) is 48.5 Å². The van der Waals surface area contributed by atoms with Gasteiger partial charge in [0.2, 0.25) is 0 Å². The number of amides is 3. The second kappa shape index (κ2) is 9.96. The summed E-state index contributed by atoms with van der Waals surface area (Å²) < 4.78 is 5.62. The Morgan fingerprint density at radius 3 is 2.79 bits per heavy atom. The number of benzene rings is 2. The van der Waals surface area contributed by atoms with E-state index in [0.717, 1.165) is 36.3 Å². The highest BCUT2D eigenvalue weighted by atomic mass is 16.5. The molecular formula is C23H29N3O3. The van der Waals surface area contributed by atoms with Crippen molar-refractivity contribution in [3.63, 3.8) is 0 Å². The molecule has 2 aromatic rings. The van der Waals surface area contributed by atoms with Crippen molar-refractivity contribution in [1.82, 2.24) is 15.5 Å². The Bertz CT molecular complexity index is 853. The standard InChI is InChI=1S/C23H29N3O3/c1-3-29-21-12-5-4-8-19(21)15-25-22(27)18-10-6-9-17(14-18)20-11-7-13-26(16-20)23(28)24-2/h4-6,8-10,12,14,20H,3,7,11,13,15-16H2,1-2H3,(H,24,28)(H,25,27). The van der Waals surface area contributed by atoms with Crippen LogP contribution < -0.4 is 15.4 Å². The third-order valence-electron chi connectivity index (χ3n) is 5.25. The summed E-state index contributed by atoms with van der Waals surface area (Å²) in [5.74, 6) is 0.921. The number of ether oxygens (including phenoxy) is 1. The highest BCUT2D eigenvalue weighted by Crippen LogP contribution is 2.27. The average Bonchev–Trinajstić information content (AvgIpc) is 2.78. The van der Waals surface area contributed by atoms with Crippen molar-refractivity contribution in [2.75, 3.05) is 26.7 Å². The number of hydrogen-bond donors (Lipinski definition) is 2. The molecule has 1 aliphatic rings. The minimum absolute atomic E-state index is 0.0449. The average molecular weight is 396 g/mol. The molecule has 3 amide bonds. The van der Waals surface area contributed by atoms with Crippen LogP contribution in [0.5, 0.6) is 5.75 Å². The zero-order valence-corrected chi connectivity index (χ0v) is 17.1. The summed E-state index contributed by atoms with van der Waals surface area (Å²) >= 11 is 0. The first-order chi connectivity index (χ1) is 14.1. The van der Waals surface area contributed by atoms with Gasteiger partial charge in [0.15, 0.2) is 0 Å². The number of nitrogens with one attached hydrogen (secondary N) is 2. The maximum absolute atomic E-state index is 12.7. The number of likely N-dealkylation sites (tertiary alicyclic amines) is 1. The van der Waals surface area contributed by atoms with Crippen LogP contribution in [0.3, 0.4) is 0 Å². The van der Waals surface area contributed by atoms with Crippen molar-refractivity contribution in [2.45, 2.75) is 32.2 Å². The van der Waals surface area contributed by atoms with Crippen molar-refractivity contribution in [3.05, 3.63) is 65.2 Å². The lowest BCUT2D eigenvalue weighted by atomic mass is 9.89. The Morgan fingerprint density at radius 2 is 2.00 bits per heavy atom. The van der Waals surface area contributed by atoms with Crippen molar-refractivity contribution < 1.29 is 14.3 Å². The van der Waals surface area contributed by atoms with Crippen LogP contribution in [0.4, 0.5) is 4.79 Å². The van der Waals surface area contributed by atoms with Crippen molar-refractivity contribution >= 4 is 11.9 Å². The van der Waals surface area contributed by atoms with Gasteiger partial charge in [0.05, 0.1) is 6.61 Å². The Kier molecular flexibility index (Phi) is 7.11. The molecule has 1 fully saturated rings. The minimum Gasteiger partial charge on any atom is -0.494 e. The Hall–Kier alpha value is -3.02. The van der Waals surface area contributed by atoms with Gasteiger partial charge in [-0.2, -0.15) is 0 Å². The molecule has 0 aromatic heterocycles. The van der Waals surface area contributed by atoms with Crippen molar-refractivity contribution in [3.8, 4) is 5.75 Å². The van der Waals surface area contributed by atoms with Gasteiger partial charge in [-0.05, 0) is 43.5 Å². The summed E-state index contributed by atoms with van der Waals surface area (Å²) in [6.45, 7) is 4.38. The van der Waals surface area contributed by atoms with Gasteiger partial charge in [-0.15, -0.1) is 0 Å². The van der Waals surface area contributed by atoms with E-state index in [9.17, 15) is 9.59 Å². The van der Waals surface area contributed by atoms with Gasteiger partial charge >= 0.3 is 6.03 Å². The van der Waals surface area contributed by atoms with Crippen molar-refractivity contribution in [2.24, 2.45) is 0 Å². The third kappa shape index (κ3) is 5.28. The van der Waals surface area contributed by atoms with Gasteiger partial charge in [0, 0.05) is 43.7 Å². The molecule has 6 heteroatoms. The minimum atomic E-state index is -0.114. The van der Waals surface area contributed by atoms with E-state index in [-0.39, 0.29) is 17.9 Å². The highest BCUT2D eigenvalue weighted by molar-refractivity contribution is 5.94. The van der Waals surface area contributed by atoms with E-state index in [2.05, 4.69) is 10.6 Å². The molecule has 0 radical (unpaired) electrons. The molecule has 1 aliphatic heterocycles. The maximum Gasteiger partial charge on any atom is 0.317 e. The Balaban J connectivity index is 1.66. The molecule has 29 heavy (non-hydrogen) atoms. The van der Waals surface area contributed by atoms with E-state index < -0.39 is 0 Å². The van der Waals surface area contributed by atoms with Gasteiger partial charge in [-0.25, -0.2) is 4.79 Å². The molecule has 2 aromatic carbocycles. The molecule has 0 spiro atoms.